The van der Waals surface area contributed by atoms with Crippen molar-refractivity contribution in [2.75, 3.05) is 19.3 Å². The van der Waals surface area contributed by atoms with Crippen LogP contribution in [0.2, 0.25) is 0 Å². The van der Waals surface area contributed by atoms with Gasteiger partial charge in [-0.3, -0.25) is 9.59 Å². The second-order valence-corrected chi connectivity index (χ2v) is 6.92. The van der Waals surface area contributed by atoms with E-state index in [1.54, 1.807) is 0 Å². The quantitative estimate of drug-likeness (QED) is 0.238. The highest BCUT2D eigenvalue weighted by Gasteiger charge is 2.21. The normalized spacial score (nSPS) is 11.0. The van der Waals surface area contributed by atoms with Crippen molar-refractivity contribution >= 4 is 29.9 Å². The molecule has 0 aliphatic heterocycles. The fraction of sp³-hybridized carbons (Fsp3) is 0.786. The molecule has 0 unspecified atom stereocenters. The standard InChI is InChI=1S/C14H28N4O4S/c1-5-8-14(2,3)16-11(19)10-23-18(15)13(22)17(4)9-6-7-12(20)21/h5-10,15H2,1-4H3,(H,16,19)(H,20,21). The Morgan fingerprint density at radius 2 is 1.91 bits per heavy atom. The number of carbonyl (C=O) groups is 3. The predicted molar refractivity (Wildman–Crippen MR) is 90.5 cm³/mol. The molecule has 134 valence electrons. The van der Waals surface area contributed by atoms with E-state index in [2.05, 4.69) is 5.32 Å². The first-order valence-electron chi connectivity index (χ1n) is 7.54. The fourth-order valence-corrected chi connectivity index (χ4v) is 2.59. The summed E-state index contributed by atoms with van der Waals surface area (Å²) in [5, 5.41) is 11.5. The Hall–Kier alpha value is -1.48. The third kappa shape index (κ3) is 10.0. The lowest BCUT2D eigenvalue weighted by Crippen LogP contribution is -2.46. The van der Waals surface area contributed by atoms with Gasteiger partial charge in [-0.05, 0) is 38.6 Å². The van der Waals surface area contributed by atoms with E-state index in [0.29, 0.717) is 6.42 Å². The monoisotopic (exact) mass is 348 g/mol. The van der Waals surface area contributed by atoms with Crippen molar-refractivity contribution in [3.8, 4) is 0 Å². The zero-order chi connectivity index (χ0) is 18.0. The van der Waals surface area contributed by atoms with E-state index in [-0.39, 0.29) is 30.2 Å². The largest absolute Gasteiger partial charge is 0.481 e. The second kappa shape index (κ2) is 10.3. The number of hydrazine groups is 1. The molecule has 0 aromatic carbocycles. The third-order valence-electron chi connectivity index (χ3n) is 3.09. The first kappa shape index (κ1) is 21.5. The summed E-state index contributed by atoms with van der Waals surface area (Å²) in [6.07, 6.45) is 2.16. The number of nitrogens with zero attached hydrogens (tertiary/aromatic N) is 2. The molecule has 0 spiro atoms. The highest BCUT2D eigenvalue weighted by molar-refractivity contribution is 7.98. The highest BCUT2D eigenvalue weighted by atomic mass is 32.2. The van der Waals surface area contributed by atoms with Gasteiger partial charge in [0, 0.05) is 25.6 Å². The molecular weight excluding hydrogens is 320 g/mol. The number of amides is 3. The minimum Gasteiger partial charge on any atom is -0.481 e. The van der Waals surface area contributed by atoms with Crippen LogP contribution in [0, 0.1) is 0 Å². The first-order valence-corrected chi connectivity index (χ1v) is 8.49. The average Bonchev–Trinajstić information content (AvgIpc) is 2.42. The molecule has 0 aliphatic carbocycles. The molecule has 0 rings (SSSR count). The molecule has 9 heteroatoms. The predicted octanol–water partition coefficient (Wildman–Crippen LogP) is 1.42. The molecule has 3 amide bonds. The molecule has 0 saturated heterocycles. The zero-order valence-corrected chi connectivity index (χ0v) is 15.1. The maximum atomic E-state index is 11.9. The third-order valence-corrected chi connectivity index (χ3v) is 3.91. The van der Waals surface area contributed by atoms with Crippen molar-refractivity contribution < 1.29 is 19.5 Å². The SMILES string of the molecule is CCCC(C)(C)NC(=O)CSN(N)C(=O)N(C)CCCC(=O)O. The van der Waals surface area contributed by atoms with Crippen LogP contribution in [0.5, 0.6) is 0 Å². The van der Waals surface area contributed by atoms with Gasteiger partial charge in [-0.2, -0.15) is 0 Å². The van der Waals surface area contributed by atoms with Crippen LogP contribution >= 0.6 is 11.9 Å². The van der Waals surface area contributed by atoms with Crippen LogP contribution in [-0.2, 0) is 9.59 Å². The molecule has 0 radical (unpaired) electrons. The Balaban J connectivity index is 4.16. The number of aliphatic carboxylic acids is 1. The van der Waals surface area contributed by atoms with Crippen LogP contribution in [-0.4, -0.2) is 57.2 Å². The number of urea groups is 1. The lowest BCUT2D eigenvalue weighted by atomic mass is 9.99. The van der Waals surface area contributed by atoms with E-state index in [0.717, 1.165) is 29.2 Å². The Labute approximate surface area is 141 Å². The molecule has 23 heavy (non-hydrogen) atoms. The topological polar surface area (TPSA) is 116 Å². The van der Waals surface area contributed by atoms with Crippen molar-refractivity contribution in [2.45, 2.75) is 52.0 Å². The van der Waals surface area contributed by atoms with Crippen LogP contribution in [0.4, 0.5) is 4.79 Å². The zero-order valence-electron chi connectivity index (χ0n) is 14.3. The van der Waals surface area contributed by atoms with E-state index in [4.69, 9.17) is 10.9 Å². The van der Waals surface area contributed by atoms with Gasteiger partial charge < -0.3 is 15.3 Å². The molecule has 0 bridgehead atoms. The van der Waals surface area contributed by atoms with Gasteiger partial charge in [0.2, 0.25) is 5.91 Å². The van der Waals surface area contributed by atoms with Crippen LogP contribution in [0.3, 0.4) is 0 Å². The number of hydrogen-bond donors (Lipinski definition) is 3. The minimum atomic E-state index is -0.906. The number of hydrogen-bond acceptors (Lipinski definition) is 5. The van der Waals surface area contributed by atoms with Gasteiger partial charge in [-0.15, -0.1) is 0 Å². The van der Waals surface area contributed by atoms with E-state index >= 15 is 0 Å². The molecule has 4 N–H and O–H groups in total. The number of carboxylic acids is 1. The van der Waals surface area contributed by atoms with Gasteiger partial charge in [0.05, 0.1) is 5.75 Å². The molecule has 8 nitrogen and oxygen atoms in total. The summed E-state index contributed by atoms with van der Waals surface area (Å²) in [7, 11) is 1.54. The van der Waals surface area contributed by atoms with Gasteiger partial charge in [0.25, 0.3) is 0 Å². The summed E-state index contributed by atoms with van der Waals surface area (Å²) < 4.78 is 0.896. The molecule has 0 saturated carbocycles. The van der Waals surface area contributed by atoms with Crippen LogP contribution in [0.25, 0.3) is 0 Å². The summed E-state index contributed by atoms with van der Waals surface area (Å²) in [5.41, 5.74) is -0.288. The molecule has 0 atom stereocenters. The van der Waals surface area contributed by atoms with Crippen LogP contribution < -0.4 is 11.2 Å². The molecular formula is C14H28N4O4S. The number of carbonyl (C=O) groups excluding carboxylic acids is 2. The molecule has 0 aromatic heterocycles. The van der Waals surface area contributed by atoms with Gasteiger partial charge in [0.1, 0.15) is 0 Å². The molecule has 0 heterocycles. The summed E-state index contributed by atoms with van der Waals surface area (Å²) in [5.74, 6) is 4.57. The summed E-state index contributed by atoms with van der Waals surface area (Å²) >= 11 is 0.911. The summed E-state index contributed by atoms with van der Waals surface area (Å²) in [4.78, 5) is 35.6. The second-order valence-electron chi connectivity index (χ2n) is 5.98. The van der Waals surface area contributed by atoms with E-state index in [1.165, 1.54) is 11.9 Å². The van der Waals surface area contributed by atoms with Gasteiger partial charge in [-0.25, -0.2) is 15.1 Å². The number of nitrogens with two attached hydrogens (primary N) is 1. The minimum absolute atomic E-state index is 0.00967. The van der Waals surface area contributed by atoms with Gasteiger partial charge in [0.15, 0.2) is 0 Å². The van der Waals surface area contributed by atoms with Crippen molar-refractivity contribution in [3.63, 3.8) is 0 Å². The summed E-state index contributed by atoms with van der Waals surface area (Å²) in [6.45, 7) is 6.22. The van der Waals surface area contributed by atoms with Crippen LogP contribution in [0.15, 0.2) is 0 Å². The van der Waals surface area contributed by atoms with E-state index < -0.39 is 12.0 Å². The van der Waals surface area contributed by atoms with Gasteiger partial charge >= 0.3 is 12.0 Å². The average molecular weight is 348 g/mol. The van der Waals surface area contributed by atoms with Crippen molar-refractivity contribution in [2.24, 2.45) is 5.84 Å². The number of carboxylic acid groups (broad SMARTS) is 1. The Bertz CT molecular complexity index is 418. The maximum Gasteiger partial charge on any atom is 0.344 e. The van der Waals surface area contributed by atoms with E-state index in [9.17, 15) is 14.4 Å². The molecule has 0 aliphatic rings. The highest BCUT2D eigenvalue weighted by Crippen LogP contribution is 2.12. The number of nitrogens with one attached hydrogen (secondary N) is 1. The Kier molecular flexibility index (Phi) is 9.66. The first-order chi connectivity index (χ1) is 10.6. The van der Waals surface area contributed by atoms with Gasteiger partial charge in [-0.1, -0.05) is 13.3 Å². The lowest BCUT2D eigenvalue weighted by Gasteiger charge is -2.27. The summed E-state index contributed by atoms with van der Waals surface area (Å²) in [6, 6.07) is -0.471. The maximum absolute atomic E-state index is 11.9. The molecule has 0 fully saturated rings. The number of rotatable bonds is 10. The smallest absolute Gasteiger partial charge is 0.344 e. The lowest BCUT2D eigenvalue weighted by molar-refractivity contribution is -0.137. The van der Waals surface area contributed by atoms with Crippen LogP contribution in [0.1, 0.15) is 46.5 Å². The molecule has 0 aromatic rings. The Morgan fingerprint density at radius 1 is 1.30 bits per heavy atom. The Morgan fingerprint density at radius 3 is 2.43 bits per heavy atom. The fourth-order valence-electron chi connectivity index (χ4n) is 2.02. The van der Waals surface area contributed by atoms with Crippen molar-refractivity contribution in [1.29, 1.82) is 0 Å². The van der Waals surface area contributed by atoms with Crippen molar-refractivity contribution in [3.05, 3.63) is 0 Å². The van der Waals surface area contributed by atoms with E-state index in [1.807, 2.05) is 20.8 Å². The van der Waals surface area contributed by atoms with Crippen molar-refractivity contribution in [1.82, 2.24) is 14.6 Å².